The van der Waals surface area contributed by atoms with Gasteiger partial charge in [-0.1, -0.05) is 30.3 Å². The van der Waals surface area contributed by atoms with E-state index in [4.69, 9.17) is 14.1 Å². The first-order valence-electron chi connectivity index (χ1n) is 12.7. The Balaban J connectivity index is 1.58. The van der Waals surface area contributed by atoms with Crippen LogP contribution < -0.4 is 9.80 Å². The number of nitrogens with zero attached hydrogens (tertiary/aromatic N) is 5. The molecule has 3 heterocycles. The van der Waals surface area contributed by atoms with Gasteiger partial charge in [-0.3, -0.25) is 4.79 Å². The van der Waals surface area contributed by atoms with E-state index < -0.39 is 0 Å². The minimum atomic E-state index is -0.165. The number of nitriles is 1. The van der Waals surface area contributed by atoms with Gasteiger partial charge in [0, 0.05) is 43.7 Å². The van der Waals surface area contributed by atoms with Crippen LogP contribution in [0.2, 0.25) is 0 Å². The number of ether oxygens (including phenoxy) is 1. The van der Waals surface area contributed by atoms with Crippen molar-refractivity contribution in [1.29, 1.82) is 5.26 Å². The Kier molecular flexibility index (Phi) is 6.59. The second-order valence-electron chi connectivity index (χ2n) is 10.0. The Morgan fingerprint density at radius 2 is 1.97 bits per heavy atom. The van der Waals surface area contributed by atoms with Crippen LogP contribution in [0.15, 0.2) is 34.7 Å². The third kappa shape index (κ3) is 4.28. The maximum atomic E-state index is 11.9. The first kappa shape index (κ1) is 24.1. The number of rotatable bonds is 7. The fraction of sp³-hybridized carbons (Fsp3) is 0.464. The number of aromatic nitrogens is 1. The lowest BCUT2D eigenvalue weighted by atomic mass is 9.93. The van der Waals surface area contributed by atoms with Crippen molar-refractivity contribution in [3.8, 4) is 17.2 Å². The largest absolute Gasteiger partial charge is 0.466 e. The second kappa shape index (κ2) is 9.82. The van der Waals surface area contributed by atoms with E-state index in [0.29, 0.717) is 54.8 Å². The molecule has 0 radical (unpaired) electrons. The average Bonchev–Trinajstić information content (AvgIpc) is 3.49. The molecule has 8 heteroatoms. The summed E-state index contributed by atoms with van der Waals surface area (Å²) in [7, 11) is 4.24. The van der Waals surface area contributed by atoms with Gasteiger partial charge in [-0.05, 0) is 45.5 Å². The summed E-state index contributed by atoms with van der Waals surface area (Å²) in [6, 6.07) is 13.6. The summed E-state index contributed by atoms with van der Waals surface area (Å²) in [5, 5.41) is 10.2. The van der Waals surface area contributed by atoms with Crippen LogP contribution in [0.1, 0.15) is 30.9 Å². The molecular formula is C28H33N5O3. The van der Waals surface area contributed by atoms with Crippen molar-refractivity contribution in [3.05, 3.63) is 41.5 Å². The van der Waals surface area contributed by atoms with Crippen molar-refractivity contribution in [3.63, 3.8) is 0 Å². The lowest BCUT2D eigenvalue weighted by molar-refractivity contribution is -0.144. The number of fused-ring (bicyclic) bond motifs is 1. The molecular weight excluding hydrogens is 454 g/mol. The molecule has 2 aliphatic rings. The number of hydrogen-bond acceptors (Lipinski definition) is 8. The molecule has 0 aliphatic carbocycles. The number of carbonyl (C=O) groups is 1. The van der Waals surface area contributed by atoms with Gasteiger partial charge in [0.05, 0.1) is 24.3 Å². The summed E-state index contributed by atoms with van der Waals surface area (Å²) in [4.78, 5) is 23.4. The van der Waals surface area contributed by atoms with E-state index in [1.54, 1.807) is 0 Å². The molecule has 3 aromatic rings. The smallest absolute Gasteiger partial charge is 0.306 e. The van der Waals surface area contributed by atoms with E-state index in [-0.39, 0.29) is 11.9 Å². The molecule has 188 valence electrons. The van der Waals surface area contributed by atoms with Crippen LogP contribution in [0.4, 0.5) is 11.7 Å². The molecule has 0 bridgehead atoms. The summed E-state index contributed by atoms with van der Waals surface area (Å²) in [5.74, 6) is 0.0522. The van der Waals surface area contributed by atoms with Crippen LogP contribution in [-0.4, -0.2) is 68.8 Å². The Hall–Kier alpha value is -3.57. The molecule has 1 aromatic heterocycles. The predicted octanol–water partition coefficient (Wildman–Crippen LogP) is 4.20. The van der Waals surface area contributed by atoms with Crippen molar-refractivity contribution in [2.75, 3.05) is 56.7 Å². The number of oxazole rings is 1. The fourth-order valence-corrected chi connectivity index (χ4v) is 5.44. The van der Waals surface area contributed by atoms with Gasteiger partial charge in [-0.15, -0.1) is 0 Å². The molecule has 0 spiro atoms. The zero-order valence-corrected chi connectivity index (χ0v) is 21.5. The number of benzene rings is 2. The molecule has 36 heavy (non-hydrogen) atoms. The normalized spacial score (nSPS) is 18.1. The van der Waals surface area contributed by atoms with Gasteiger partial charge >= 0.3 is 5.97 Å². The molecule has 0 amide bonds. The summed E-state index contributed by atoms with van der Waals surface area (Å²) in [5.41, 5.74) is 5.86. The summed E-state index contributed by atoms with van der Waals surface area (Å²) >= 11 is 0. The topological polar surface area (TPSA) is 85.8 Å². The lowest BCUT2D eigenvalue weighted by Crippen LogP contribution is -2.47. The molecule has 1 atom stereocenters. The molecule has 2 fully saturated rings. The van der Waals surface area contributed by atoms with Gasteiger partial charge in [0.1, 0.15) is 11.6 Å². The first-order chi connectivity index (χ1) is 17.4. The van der Waals surface area contributed by atoms with Crippen LogP contribution in [0, 0.1) is 24.2 Å². The van der Waals surface area contributed by atoms with Crippen LogP contribution in [0.25, 0.3) is 22.2 Å². The van der Waals surface area contributed by atoms with Crippen molar-refractivity contribution in [1.82, 2.24) is 9.88 Å². The Labute approximate surface area is 212 Å². The number of anilines is 2. The van der Waals surface area contributed by atoms with Crippen molar-refractivity contribution in [2.45, 2.75) is 32.7 Å². The van der Waals surface area contributed by atoms with Crippen LogP contribution in [0.5, 0.6) is 0 Å². The monoisotopic (exact) mass is 487 g/mol. The molecule has 2 saturated heterocycles. The number of carbonyl (C=O) groups excluding carboxylic acids is 1. The fourth-order valence-electron chi connectivity index (χ4n) is 5.44. The highest BCUT2D eigenvalue weighted by Gasteiger charge is 2.35. The maximum absolute atomic E-state index is 11.9. The van der Waals surface area contributed by atoms with Crippen molar-refractivity contribution < 1.29 is 13.9 Å². The number of hydrogen-bond donors (Lipinski definition) is 0. The highest BCUT2D eigenvalue weighted by Crippen LogP contribution is 2.45. The molecule has 2 aliphatic heterocycles. The Morgan fingerprint density at radius 1 is 1.22 bits per heavy atom. The van der Waals surface area contributed by atoms with E-state index in [1.165, 1.54) is 0 Å². The van der Waals surface area contributed by atoms with Crippen LogP contribution in [0.3, 0.4) is 0 Å². The minimum Gasteiger partial charge on any atom is -0.466 e. The molecule has 8 nitrogen and oxygen atoms in total. The van der Waals surface area contributed by atoms with E-state index in [9.17, 15) is 10.1 Å². The van der Waals surface area contributed by atoms with Gasteiger partial charge in [0.25, 0.3) is 6.01 Å². The summed E-state index contributed by atoms with van der Waals surface area (Å²) in [6.45, 7) is 7.38. The standard InChI is InChI=1S/C28H33N5O3/c1-5-35-23(34)13-19-15-33(16-19)28-30-25-22(14-29)18(2)24(20-9-7-6-8-10-20)26(27(25)36-28)32-12-11-21(17-32)31(3)4/h6-10,19,21H,5,11-13,15-17H2,1-4H3. The lowest BCUT2D eigenvalue weighted by Gasteiger charge is -2.37. The quantitative estimate of drug-likeness (QED) is 0.458. The third-order valence-electron chi connectivity index (χ3n) is 7.43. The van der Waals surface area contributed by atoms with Gasteiger partial charge in [0.15, 0.2) is 5.58 Å². The van der Waals surface area contributed by atoms with Gasteiger partial charge in [-0.2, -0.15) is 10.2 Å². The highest BCUT2D eigenvalue weighted by molar-refractivity contribution is 6.03. The molecule has 1 unspecified atom stereocenters. The summed E-state index contributed by atoms with van der Waals surface area (Å²) in [6.07, 6.45) is 1.46. The van der Waals surface area contributed by atoms with E-state index >= 15 is 0 Å². The van der Waals surface area contributed by atoms with Gasteiger partial charge in [0.2, 0.25) is 0 Å². The average molecular weight is 488 g/mol. The van der Waals surface area contributed by atoms with Crippen LogP contribution >= 0.6 is 0 Å². The van der Waals surface area contributed by atoms with Crippen molar-refractivity contribution >= 4 is 28.8 Å². The first-order valence-corrected chi connectivity index (χ1v) is 12.7. The Morgan fingerprint density at radius 3 is 2.61 bits per heavy atom. The van der Waals surface area contributed by atoms with Gasteiger partial charge in [-0.25, -0.2) is 0 Å². The summed E-state index contributed by atoms with van der Waals surface area (Å²) < 4.78 is 11.6. The predicted molar refractivity (Wildman–Crippen MR) is 140 cm³/mol. The third-order valence-corrected chi connectivity index (χ3v) is 7.43. The SMILES string of the molecule is CCOC(=O)CC1CN(c2nc3c(C#N)c(C)c(-c4ccccc4)c(N4CCC(N(C)C)C4)c3o2)C1. The van der Waals surface area contributed by atoms with E-state index in [0.717, 1.165) is 41.9 Å². The Bertz CT molecular complexity index is 1300. The van der Waals surface area contributed by atoms with E-state index in [2.05, 4.69) is 42.1 Å². The zero-order chi connectivity index (χ0) is 25.4. The second-order valence-corrected chi connectivity index (χ2v) is 10.0. The minimum absolute atomic E-state index is 0.165. The highest BCUT2D eigenvalue weighted by atomic mass is 16.5. The van der Waals surface area contributed by atoms with Crippen LogP contribution in [-0.2, 0) is 9.53 Å². The van der Waals surface area contributed by atoms with E-state index in [1.807, 2.05) is 36.9 Å². The van der Waals surface area contributed by atoms with Gasteiger partial charge < -0.3 is 23.9 Å². The maximum Gasteiger partial charge on any atom is 0.306 e. The molecule has 0 N–H and O–H groups in total. The van der Waals surface area contributed by atoms with Crippen molar-refractivity contribution in [2.24, 2.45) is 5.92 Å². The molecule has 5 rings (SSSR count). The molecule has 0 saturated carbocycles. The zero-order valence-electron chi connectivity index (χ0n) is 21.5. The number of likely N-dealkylation sites (N-methyl/N-ethyl adjacent to an activating group) is 1. The number of esters is 1. The molecule has 2 aromatic carbocycles.